The van der Waals surface area contributed by atoms with E-state index < -0.39 is 7.60 Å². The van der Waals surface area contributed by atoms with E-state index in [0.29, 0.717) is 13.2 Å². The average Bonchev–Trinajstić information content (AvgIpc) is 2.61. The molecule has 0 saturated carbocycles. The number of hydrogen-bond acceptors (Lipinski definition) is 5. The number of aliphatic hydroxyl groups is 1. The minimum Gasteiger partial charge on any atom is -0.491 e. The number of aliphatic hydroxyl groups excluding tert-OH is 1. The van der Waals surface area contributed by atoms with Gasteiger partial charge in [-0.05, 0) is 42.7 Å². The zero-order valence-electron chi connectivity index (χ0n) is 14.7. The minimum absolute atomic E-state index is 0.00341. The zero-order valence-corrected chi connectivity index (χ0v) is 15.6. The van der Waals surface area contributed by atoms with Crippen LogP contribution in [0.25, 0.3) is 11.1 Å². The maximum Gasteiger partial charge on any atom is 0.335 e. The van der Waals surface area contributed by atoms with Crippen molar-refractivity contribution in [3.63, 3.8) is 0 Å². The maximum atomic E-state index is 12.6. The Bertz CT molecular complexity index is 672. The van der Waals surface area contributed by atoms with Crippen LogP contribution >= 0.6 is 7.60 Å². The van der Waals surface area contributed by atoms with E-state index in [9.17, 15) is 4.57 Å². The summed E-state index contributed by atoms with van der Waals surface area (Å²) >= 11 is 0. The summed E-state index contributed by atoms with van der Waals surface area (Å²) in [6, 6.07) is 15.5. The van der Waals surface area contributed by atoms with Gasteiger partial charge in [0.1, 0.15) is 12.4 Å². The SMILES string of the molecule is CCOP(=O)(Cc1ccc(-c2ccc(OCCO)cc2)cc1)OCC. The quantitative estimate of drug-likeness (QED) is 0.629. The van der Waals surface area contributed by atoms with Crippen LogP contribution in [0.15, 0.2) is 48.5 Å². The standard InChI is InChI=1S/C19H25O5P/c1-3-23-25(21,24-4-2)15-16-5-7-17(8-6-16)18-9-11-19(12-10-18)22-14-13-20/h5-12,20H,3-4,13-15H2,1-2H3. The predicted octanol–water partition coefficient (Wildman–Crippen LogP) is 4.49. The lowest BCUT2D eigenvalue weighted by molar-refractivity contribution is 0.201. The lowest BCUT2D eigenvalue weighted by atomic mass is 10.0. The Kier molecular flexibility index (Phi) is 7.66. The third-order valence-corrected chi connectivity index (χ3v) is 5.59. The Hall–Kier alpha value is -1.65. The second-order valence-corrected chi connectivity index (χ2v) is 7.45. The highest BCUT2D eigenvalue weighted by Gasteiger charge is 2.23. The lowest BCUT2D eigenvalue weighted by Gasteiger charge is -2.17. The summed E-state index contributed by atoms with van der Waals surface area (Å²) in [5.74, 6) is 0.726. The highest BCUT2D eigenvalue weighted by atomic mass is 31.2. The molecule has 0 spiro atoms. The molecule has 0 unspecified atom stereocenters. The average molecular weight is 364 g/mol. The molecule has 0 aliphatic carbocycles. The molecule has 0 heterocycles. The normalized spacial score (nSPS) is 11.5. The van der Waals surface area contributed by atoms with E-state index in [1.165, 1.54) is 0 Å². The molecule has 25 heavy (non-hydrogen) atoms. The van der Waals surface area contributed by atoms with Gasteiger partial charge in [0.25, 0.3) is 0 Å². The lowest BCUT2D eigenvalue weighted by Crippen LogP contribution is -2.01. The van der Waals surface area contributed by atoms with Gasteiger partial charge in [-0.1, -0.05) is 36.4 Å². The van der Waals surface area contributed by atoms with Crippen molar-refractivity contribution in [1.29, 1.82) is 0 Å². The number of ether oxygens (including phenoxy) is 1. The van der Waals surface area contributed by atoms with E-state index in [1.807, 2.05) is 62.4 Å². The fraction of sp³-hybridized carbons (Fsp3) is 0.368. The first-order valence-electron chi connectivity index (χ1n) is 8.41. The first-order valence-corrected chi connectivity index (χ1v) is 10.1. The van der Waals surface area contributed by atoms with E-state index >= 15 is 0 Å². The molecule has 0 atom stereocenters. The highest BCUT2D eigenvalue weighted by molar-refractivity contribution is 7.53. The topological polar surface area (TPSA) is 65.0 Å². The molecule has 0 fully saturated rings. The second-order valence-electron chi connectivity index (χ2n) is 5.40. The number of hydrogen-bond donors (Lipinski definition) is 1. The summed E-state index contributed by atoms with van der Waals surface area (Å²) in [5, 5.41) is 8.77. The van der Waals surface area contributed by atoms with Crippen LogP contribution in [-0.4, -0.2) is 31.5 Å². The van der Waals surface area contributed by atoms with Gasteiger partial charge in [0.05, 0.1) is 26.0 Å². The summed E-state index contributed by atoms with van der Waals surface area (Å²) in [6.45, 7) is 4.62. The summed E-state index contributed by atoms with van der Waals surface area (Å²) in [7, 11) is -3.08. The van der Waals surface area contributed by atoms with Crippen molar-refractivity contribution < 1.29 is 23.5 Å². The van der Waals surface area contributed by atoms with Gasteiger partial charge in [0, 0.05) is 0 Å². The molecule has 5 nitrogen and oxygen atoms in total. The van der Waals surface area contributed by atoms with Crippen molar-refractivity contribution in [2.24, 2.45) is 0 Å². The van der Waals surface area contributed by atoms with Crippen LogP contribution in [0.5, 0.6) is 5.75 Å². The smallest absolute Gasteiger partial charge is 0.335 e. The fourth-order valence-corrected chi connectivity index (χ4v) is 4.16. The number of benzene rings is 2. The molecule has 0 radical (unpaired) electrons. The molecule has 0 bridgehead atoms. The van der Waals surface area contributed by atoms with Crippen molar-refractivity contribution in [3.05, 3.63) is 54.1 Å². The van der Waals surface area contributed by atoms with Crippen LogP contribution in [0.4, 0.5) is 0 Å². The van der Waals surface area contributed by atoms with Gasteiger partial charge in [-0.25, -0.2) is 0 Å². The molecule has 0 aliphatic rings. The molecule has 0 amide bonds. The van der Waals surface area contributed by atoms with E-state index in [4.69, 9.17) is 18.9 Å². The minimum atomic E-state index is -3.08. The van der Waals surface area contributed by atoms with Crippen molar-refractivity contribution in [2.75, 3.05) is 26.4 Å². The summed E-state index contributed by atoms with van der Waals surface area (Å²) in [5.41, 5.74) is 3.03. The van der Waals surface area contributed by atoms with Crippen molar-refractivity contribution in [1.82, 2.24) is 0 Å². The molecule has 0 aromatic heterocycles. The molecule has 136 valence electrons. The van der Waals surface area contributed by atoms with E-state index in [0.717, 1.165) is 22.4 Å². The number of rotatable bonds is 10. The van der Waals surface area contributed by atoms with Gasteiger partial charge < -0.3 is 18.9 Å². The molecule has 0 aliphatic heterocycles. The molecule has 0 saturated heterocycles. The fourth-order valence-electron chi connectivity index (χ4n) is 2.46. The van der Waals surface area contributed by atoms with Crippen LogP contribution in [0.2, 0.25) is 0 Å². The Labute approximate surface area is 149 Å². The molecule has 2 aromatic rings. The van der Waals surface area contributed by atoms with Crippen LogP contribution in [-0.2, 0) is 19.8 Å². The summed E-state index contributed by atoms with van der Waals surface area (Å²) in [4.78, 5) is 0. The molecule has 1 N–H and O–H groups in total. The Morgan fingerprint density at radius 1 is 0.880 bits per heavy atom. The van der Waals surface area contributed by atoms with E-state index in [-0.39, 0.29) is 19.4 Å². The van der Waals surface area contributed by atoms with Crippen molar-refractivity contribution >= 4 is 7.60 Å². The monoisotopic (exact) mass is 364 g/mol. The molecule has 2 rings (SSSR count). The molecular formula is C19H25O5P. The van der Waals surface area contributed by atoms with Crippen LogP contribution in [0.3, 0.4) is 0 Å². The Morgan fingerprint density at radius 2 is 1.40 bits per heavy atom. The molecule has 6 heteroatoms. The Morgan fingerprint density at radius 3 is 1.88 bits per heavy atom. The summed E-state index contributed by atoms with van der Waals surface area (Å²) in [6.07, 6.45) is 0.267. The zero-order chi connectivity index (χ0) is 18.1. The van der Waals surface area contributed by atoms with Gasteiger partial charge in [-0.15, -0.1) is 0 Å². The van der Waals surface area contributed by atoms with Gasteiger partial charge in [0.2, 0.25) is 0 Å². The predicted molar refractivity (Wildman–Crippen MR) is 99.0 cm³/mol. The molecule has 2 aromatic carbocycles. The summed E-state index contributed by atoms with van der Waals surface area (Å²) < 4.78 is 28.6. The van der Waals surface area contributed by atoms with Gasteiger partial charge >= 0.3 is 7.60 Å². The van der Waals surface area contributed by atoms with Gasteiger partial charge in [-0.2, -0.15) is 0 Å². The van der Waals surface area contributed by atoms with Gasteiger partial charge in [0.15, 0.2) is 0 Å². The van der Waals surface area contributed by atoms with Gasteiger partial charge in [-0.3, -0.25) is 4.57 Å². The van der Waals surface area contributed by atoms with Crippen LogP contribution in [0.1, 0.15) is 19.4 Å². The van der Waals surface area contributed by atoms with E-state index in [2.05, 4.69) is 0 Å². The third-order valence-electron chi connectivity index (χ3n) is 3.53. The first-order chi connectivity index (χ1) is 12.1. The Balaban J connectivity index is 2.07. The van der Waals surface area contributed by atoms with Crippen molar-refractivity contribution in [2.45, 2.75) is 20.0 Å². The van der Waals surface area contributed by atoms with Crippen LogP contribution in [0, 0.1) is 0 Å². The largest absolute Gasteiger partial charge is 0.491 e. The highest BCUT2D eigenvalue weighted by Crippen LogP contribution is 2.51. The first kappa shape index (κ1) is 19.7. The third kappa shape index (κ3) is 5.98. The molecular weight excluding hydrogens is 339 g/mol. The second kappa shape index (κ2) is 9.73. The van der Waals surface area contributed by atoms with E-state index in [1.54, 1.807) is 0 Å². The van der Waals surface area contributed by atoms with Crippen molar-refractivity contribution in [3.8, 4) is 16.9 Å². The van der Waals surface area contributed by atoms with Crippen LogP contribution < -0.4 is 4.74 Å². The maximum absolute atomic E-state index is 12.6.